The lowest BCUT2D eigenvalue weighted by Crippen LogP contribution is -2.32. The highest BCUT2D eigenvalue weighted by Crippen LogP contribution is 2.33. The van der Waals surface area contributed by atoms with Gasteiger partial charge in [-0.05, 0) is 38.3 Å². The van der Waals surface area contributed by atoms with E-state index < -0.39 is 21.5 Å². The van der Waals surface area contributed by atoms with Gasteiger partial charge in [-0.25, -0.2) is 13.1 Å². The van der Waals surface area contributed by atoms with E-state index >= 15 is 0 Å². The Labute approximate surface area is 217 Å². The third-order valence-corrected chi connectivity index (χ3v) is 7.29. The van der Waals surface area contributed by atoms with E-state index in [1.807, 2.05) is 6.07 Å². The molecule has 1 aromatic carbocycles. The van der Waals surface area contributed by atoms with Crippen LogP contribution >= 0.6 is 0 Å². The number of rotatable bonds is 14. The Balaban J connectivity index is 2.40. The van der Waals surface area contributed by atoms with Crippen molar-refractivity contribution in [3.8, 4) is 11.9 Å². The van der Waals surface area contributed by atoms with Crippen molar-refractivity contribution >= 4 is 21.4 Å². The molecule has 0 radical (unpaired) electrons. The summed E-state index contributed by atoms with van der Waals surface area (Å²) >= 11 is 0. The monoisotopic (exact) mass is 533 g/mol. The fraction of sp³-hybridized carbons (Fsp3) is 0.520. The summed E-state index contributed by atoms with van der Waals surface area (Å²) in [6, 6.07) is 7.59. The second-order valence-electron chi connectivity index (χ2n) is 9.09. The van der Waals surface area contributed by atoms with Crippen LogP contribution in [0.1, 0.15) is 51.2 Å². The molecule has 3 N–H and O–H groups in total. The predicted molar refractivity (Wildman–Crippen MR) is 139 cm³/mol. The summed E-state index contributed by atoms with van der Waals surface area (Å²) in [5.41, 5.74) is -0.945. The molecule has 1 unspecified atom stereocenters. The van der Waals surface area contributed by atoms with Crippen molar-refractivity contribution in [2.45, 2.75) is 64.4 Å². The second-order valence-corrected chi connectivity index (χ2v) is 10.8. The summed E-state index contributed by atoms with van der Waals surface area (Å²) in [6.07, 6.45) is 2.58. The van der Waals surface area contributed by atoms with Crippen molar-refractivity contribution in [2.75, 3.05) is 19.8 Å². The lowest BCUT2D eigenvalue weighted by Gasteiger charge is -2.16. The number of pyridine rings is 1. The minimum atomic E-state index is -3.92. The number of nitrogens with one attached hydrogen (secondary N) is 1. The normalized spacial score (nSPS) is 12.8. The summed E-state index contributed by atoms with van der Waals surface area (Å²) in [6.45, 7) is 7.25. The van der Waals surface area contributed by atoms with Crippen LogP contribution in [0, 0.1) is 24.2 Å². The maximum Gasteiger partial charge on any atom is 0.271 e. The highest BCUT2D eigenvalue weighted by atomic mass is 32.2. The van der Waals surface area contributed by atoms with Gasteiger partial charge in [-0.3, -0.25) is 9.36 Å². The van der Waals surface area contributed by atoms with Gasteiger partial charge < -0.3 is 14.9 Å². The lowest BCUT2D eigenvalue weighted by atomic mass is 10.0. The molecule has 202 valence electrons. The molecule has 37 heavy (non-hydrogen) atoms. The number of nitriles is 1. The zero-order chi connectivity index (χ0) is 27.6. The Morgan fingerprint density at radius 2 is 1.86 bits per heavy atom. The van der Waals surface area contributed by atoms with Gasteiger partial charge in [0.2, 0.25) is 15.9 Å². The smallest absolute Gasteiger partial charge is 0.271 e. The zero-order valence-corrected chi connectivity index (χ0v) is 22.5. The Hall–Kier alpha value is -3.11. The molecule has 1 heterocycles. The SMILES string of the molecule is Cc1c(/N=N/c2ccccc2S(=O)(=O)NC(C)CCCC(C)C)c(O)n(CCOCCO)c(=O)c1C#N. The van der Waals surface area contributed by atoms with Crippen molar-refractivity contribution < 1.29 is 23.4 Å². The van der Waals surface area contributed by atoms with Crippen LogP contribution in [-0.4, -0.2) is 49.1 Å². The molecule has 0 saturated heterocycles. The van der Waals surface area contributed by atoms with E-state index in [2.05, 4.69) is 28.8 Å². The van der Waals surface area contributed by atoms with E-state index in [9.17, 15) is 23.6 Å². The van der Waals surface area contributed by atoms with Gasteiger partial charge >= 0.3 is 0 Å². The molecule has 0 fully saturated rings. The molecule has 0 aliphatic heterocycles. The van der Waals surface area contributed by atoms with E-state index in [1.165, 1.54) is 19.1 Å². The minimum absolute atomic E-state index is 0.000633. The lowest BCUT2D eigenvalue weighted by molar-refractivity contribution is 0.0854. The van der Waals surface area contributed by atoms with Crippen LogP contribution in [0.15, 0.2) is 44.2 Å². The Morgan fingerprint density at radius 3 is 2.51 bits per heavy atom. The average molecular weight is 534 g/mol. The van der Waals surface area contributed by atoms with Gasteiger partial charge in [0, 0.05) is 11.6 Å². The third-order valence-electron chi connectivity index (χ3n) is 5.65. The van der Waals surface area contributed by atoms with Crippen LogP contribution in [-0.2, 0) is 21.3 Å². The first-order valence-corrected chi connectivity index (χ1v) is 13.6. The quantitative estimate of drug-likeness (QED) is 0.246. The van der Waals surface area contributed by atoms with Crippen molar-refractivity contribution in [1.29, 1.82) is 5.26 Å². The molecule has 0 spiro atoms. The molecular weight excluding hydrogens is 498 g/mol. The maximum atomic E-state index is 13.1. The second kappa shape index (κ2) is 14.0. The van der Waals surface area contributed by atoms with Gasteiger partial charge in [0.1, 0.15) is 22.2 Å². The van der Waals surface area contributed by atoms with E-state index in [-0.39, 0.29) is 59.8 Å². The van der Waals surface area contributed by atoms with Gasteiger partial charge in [-0.2, -0.15) is 5.26 Å². The number of nitrogens with zero attached hydrogens (tertiary/aromatic N) is 4. The van der Waals surface area contributed by atoms with E-state index in [0.717, 1.165) is 17.4 Å². The van der Waals surface area contributed by atoms with Crippen molar-refractivity contribution in [3.63, 3.8) is 0 Å². The minimum Gasteiger partial charge on any atom is -0.493 e. The molecule has 12 heteroatoms. The number of sulfonamides is 1. The first-order chi connectivity index (χ1) is 17.5. The molecule has 0 saturated carbocycles. The number of ether oxygens (including phenoxy) is 1. The summed E-state index contributed by atoms with van der Waals surface area (Å²) in [5, 5.41) is 37.2. The van der Waals surface area contributed by atoms with Gasteiger partial charge in [-0.15, -0.1) is 10.2 Å². The Morgan fingerprint density at radius 1 is 1.16 bits per heavy atom. The molecular formula is C25H35N5O6S. The Kier molecular flexibility index (Phi) is 11.4. The molecule has 0 aliphatic rings. The van der Waals surface area contributed by atoms with E-state index in [1.54, 1.807) is 19.1 Å². The summed E-state index contributed by atoms with van der Waals surface area (Å²) in [7, 11) is -3.92. The van der Waals surface area contributed by atoms with Crippen LogP contribution in [0.5, 0.6) is 5.88 Å². The van der Waals surface area contributed by atoms with Gasteiger partial charge in [0.25, 0.3) is 5.56 Å². The summed E-state index contributed by atoms with van der Waals surface area (Å²) in [4.78, 5) is 12.6. The number of aromatic hydroxyl groups is 1. The Bertz CT molecular complexity index is 1300. The van der Waals surface area contributed by atoms with Crippen molar-refractivity contribution in [2.24, 2.45) is 16.1 Å². The van der Waals surface area contributed by atoms with Crippen LogP contribution in [0.2, 0.25) is 0 Å². The van der Waals surface area contributed by atoms with Crippen LogP contribution in [0.25, 0.3) is 0 Å². The fourth-order valence-corrected chi connectivity index (χ4v) is 5.09. The molecule has 0 bridgehead atoms. The number of benzene rings is 1. The zero-order valence-electron chi connectivity index (χ0n) is 21.6. The molecule has 0 aliphatic carbocycles. The van der Waals surface area contributed by atoms with Crippen LogP contribution in [0.4, 0.5) is 11.4 Å². The predicted octanol–water partition coefficient (Wildman–Crippen LogP) is 3.65. The standard InChI is InChI=1S/C25H35N5O6S/c1-17(2)8-7-9-18(3)29-37(34,35)22-11-6-5-10-21(22)27-28-23-19(4)20(16-26)24(32)30(25(23)33)12-14-36-15-13-31/h5-6,10-11,17-18,29,31,33H,7-9,12-15H2,1-4H3/b28-27+. The molecule has 0 amide bonds. The van der Waals surface area contributed by atoms with Gasteiger partial charge in [0.15, 0.2) is 5.69 Å². The molecule has 1 atom stereocenters. The number of hydrogen-bond acceptors (Lipinski definition) is 9. The number of aromatic nitrogens is 1. The highest BCUT2D eigenvalue weighted by molar-refractivity contribution is 7.89. The number of azo groups is 1. The van der Waals surface area contributed by atoms with Crippen molar-refractivity contribution in [1.82, 2.24) is 9.29 Å². The van der Waals surface area contributed by atoms with Crippen molar-refractivity contribution in [3.05, 3.63) is 45.7 Å². The summed E-state index contributed by atoms with van der Waals surface area (Å²) < 4.78 is 35.0. The topological polar surface area (TPSA) is 166 Å². The molecule has 2 rings (SSSR count). The van der Waals surface area contributed by atoms with Crippen LogP contribution < -0.4 is 10.3 Å². The molecule has 2 aromatic rings. The van der Waals surface area contributed by atoms with Gasteiger partial charge in [-0.1, -0.05) is 38.8 Å². The first-order valence-electron chi connectivity index (χ1n) is 12.1. The largest absolute Gasteiger partial charge is 0.493 e. The van der Waals surface area contributed by atoms with E-state index in [4.69, 9.17) is 9.84 Å². The molecule has 1 aromatic heterocycles. The number of aliphatic hydroxyl groups excluding tert-OH is 1. The number of aliphatic hydroxyl groups is 1. The molecule has 11 nitrogen and oxygen atoms in total. The fourth-order valence-electron chi connectivity index (χ4n) is 3.68. The third kappa shape index (κ3) is 8.19. The number of hydrogen-bond donors (Lipinski definition) is 3. The average Bonchev–Trinajstić information content (AvgIpc) is 2.83. The highest BCUT2D eigenvalue weighted by Gasteiger charge is 2.22. The summed E-state index contributed by atoms with van der Waals surface area (Å²) in [5.74, 6) is 0.00359. The maximum absolute atomic E-state index is 13.1. The first kappa shape index (κ1) is 30.1. The van der Waals surface area contributed by atoms with E-state index in [0.29, 0.717) is 12.3 Å². The van der Waals surface area contributed by atoms with Crippen LogP contribution in [0.3, 0.4) is 0 Å². The van der Waals surface area contributed by atoms with Gasteiger partial charge in [0.05, 0.1) is 26.4 Å².